The van der Waals surface area contributed by atoms with Crippen LogP contribution >= 0.6 is 0 Å². The molecule has 0 aliphatic carbocycles. The maximum Gasteiger partial charge on any atom is 0.323 e. The van der Waals surface area contributed by atoms with Gasteiger partial charge in [0, 0.05) is 23.6 Å². The van der Waals surface area contributed by atoms with Crippen molar-refractivity contribution in [1.29, 1.82) is 0 Å². The molecule has 0 radical (unpaired) electrons. The zero-order valence-electron chi connectivity index (χ0n) is 15.2. The van der Waals surface area contributed by atoms with Crippen LogP contribution in [0.1, 0.15) is 5.56 Å². The van der Waals surface area contributed by atoms with E-state index in [4.69, 9.17) is 4.74 Å². The number of hydrogen-bond acceptors (Lipinski definition) is 3. The van der Waals surface area contributed by atoms with Gasteiger partial charge in [0.15, 0.2) is 0 Å². The topological polar surface area (TPSA) is 62.4 Å². The predicted octanol–water partition coefficient (Wildman–Crippen LogP) is 4.99. The third-order valence-corrected chi connectivity index (χ3v) is 4.05. The molecular weight excluding hydrogens is 338 g/mol. The van der Waals surface area contributed by atoms with Gasteiger partial charge in [-0.1, -0.05) is 30.3 Å². The minimum absolute atomic E-state index is 0.264. The van der Waals surface area contributed by atoms with Crippen LogP contribution in [0.3, 0.4) is 0 Å². The van der Waals surface area contributed by atoms with Crippen molar-refractivity contribution in [2.75, 3.05) is 29.6 Å². The van der Waals surface area contributed by atoms with Crippen molar-refractivity contribution in [2.24, 2.45) is 0 Å². The Balaban J connectivity index is 1.46. The van der Waals surface area contributed by atoms with E-state index in [1.54, 1.807) is 7.11 Å². The average molecular weight is 361 g/mol. The van der Waals surface area contributed by atoms with Gasteiger partial charge in [0.25, 0.3) is 0 Å². The quantitative estimate of drug-likeness (QED) is 0.555. The first-order valence-corrected chi connectivity index (χ1v) is 8.83. The predicted molar refractivity (Wildman–Crippen MR) is 111 cm³/mol. The van der Waals surface area contributed by atoms with Crippen molar-refractivity contribution in [3.05, 3.63) is 84.4 Å². The van der Waals surface area contributed by atoms with E-state index in [0.717, 1.165) is 35.8 Å². The number of rotatable bonds is 7. The number of anilines is 3. The zero-order chi connectivity index (χ0) is 18.9. The molecule has 5 heteroatoms. The Morgan fingerprint density at radius 2 is 1.48 bits per heavy atom. The molecule has 0 saturated carbocycles. The molecule has 0 unspecified atom stereocenters. The van der Waals surface area contributed by atoms with Crippen LogP contribution in [0, 0.1) is 0 Å². The second-order valence-electron chi connectivity index (χ2n) is 6.05. The van der Waals surface area contributed by atoms with Crippen LogP contribution in [0.25, 0.3) is 0 Å². The lowest BCUT2D eigenvalue weighted by molar-refractivity contribution is 0.262. The van der Waals surface area contributed by atoms with Crippen LogP contribution < -0.4 is 20.7 Å². The van der Waals surface area contributed by atoms with E-state index in [1.165, 1.54) is 5.56 Å². The Kier molecular flexibility index (Phi) is 6.30. The van der Waals surface area contributed by atoms with Crippen molar-refractivity contribution in [2.45, 2.75) is 6.42 Å². The van der Waals surface area contributed by atoms with Gasteiger partial charge >= 0.3 is 6.03 Å². The van der Waals surface area contributed by atoms with E-state index < -0.39 is 0 Å². The molecule has 3 aromatic rings. The largest absolute Gasteiger partial charge is 0.497 e. The summed E-state index contributed by atoms with van der Waals surface area (Å²) < 4.78 is 5.24. The Labute approximate surface area is 159 Å². The van der Waals surface area contributed by atoms with Gasteiger partial charge in [-0.15, -0.1) is 0 Å². The van der Waals surface area contributed by atoms with Gasteiger partial charge in [-0.3, -0.25) is 0 Å². The third kappa shape index (κ3) is 5.78. The van der Waals surface area contributed by atoms with Crippen LogP contribution in [0.15, 0.2) is 78.9 Å². The highest BCUT2D eigenvalue weighted by molar-refractivity contribution is 5.99. The molecule has 0 heterocycles. The number of carbonyl (C=O) groups excluding carboxylic acids is 1. The molecule has 0 saturated heterocycles. The van der Waals surface area contributed by atoms with Crippen LogP contribution in [0.2, 0.25) is 0 Å². The van der Waals surface area contributed by atoms with Crippen molar-refractivity contribution in [3.8, 4) is 5.75 Å². The normalized spacial score (nSPS) is 10.1. The van der Waals surface area contributed by atoms with E-state index in [0.29, 0.717) is 0 Å². The highest BCUT2D eigenvalue weighted by Gasteiger charge is 2.02. The van der Waals surface area contributed by atoms with Gasteiger partial charge in [0.1, 0.15) is 5.75 Å². The van der Waals surface area contributed by atoms with Crippen molar-refractivity contribution in [1.82, 2.24) is 0 Å². The molecular formula is C22H23N3O2. The maximum absolute atomic E-state index is 12.0. The molecule has 3 rings (SSSR count). The summed E-state index contributed by atoms with van der Waals surface area (Å²) in [6.07, 6.45) is 0.899. The number of nitrogens with one attached hydrogen (secondary N) is 3. The van der Waals surface area contributed by atoms with Crippen LogP contribution in [-0.2, 0) is 6.42 Å². The lowest BCUT2D eigenvalue weighted by atomic mass is 10.1. The third-order valence-electron chi connectivity index (χ3n) is 4.05. The first-order chi connectivity index (χ1) is 13.2. The summed E-state index contributed by atoms with van der Waals surface area (Å²) in [7, 11) is 1.67. The molecule has 0 spiro atoms. The fraction of sp³-hybridized carbons (Fsp3) is 0.136. The zero-order valence-corrected chi connectivity index (χ0v) is 15.2. The highest BCUT2D eigenvalue weighted by atomic mass is 16.5. The fourth-order valence-electron chi connectivity index (χ4n) is 2.67. The van der Waals surface area contributed by atoms with Crippen molar-refractivity contribution < 1.29 is 9.53 Å². The number of benzene rings is 3. The van der Waals surface area contributed by atoms with Crippen LogP contribution in [-0.4, -0.2) is 19.7 Å². The van der Waals surface area contributed by atoms with E-state index >= 15 is 0 Å². The SMILES string of the molecule is COc1cccc(CCNc2ccc(NC(=O)Nc3ccccc3)cc2)c1. The monoisotopic (exact) mass is 361 g/mol. The van der Waals surface area contributed by atoms with Crippen LogP contribution in [0.4, 0.5) is 21.9 Å². The molecule has 0 aliphatic rings. The smallest absolute Gasteiger partial charge is 0.323 e. The van der Waals surface area contributed by atoms with E-state index in [-0.39, 0.29) is 6.03 Å². The summed E-state index contributed by atoms with van der Waals surface area (Å²) in [5, 5.41) is 8.99. The Morgan fingerprint density at radius 1 is 0.815 bits per heavy atom. The maximum atomic E-state index is 12.0. The number of hydrogen-bond donors (Lipinski definition) is 3. The van der Waals surface area contributed by atoms with Gasteiger partial charge in [-0.05, 0) is 60.5 Å². The molecule has 3 N–H and O–H groups in total. The van der Waals surface area contributed by atoms with Gasteiger partial charge < -0.3 is 20.7 Å². The molecule has 0 fully saturated rings. The van der Waals surface area contributed by atoms with Gasteiger partial charge in [0.05, 0.1) is 7.11 Å². The summed E-state index contributed by atoms with van der Waals surface area (Å²) in [6, 6.07) is 24.8. The van der Waals surface area contributed by atoms with Crippen LogP contribution in [0.5, 0.6) is 5.75 Å². The van der Waals surface area contributed by atoms with Gasteiger partial charge in [-0.25, -0.2) is 4.79 Å². The summed E-state index contributed by atoms with van der Waals surface area (Å²) in [4.78, 5) is 12.0. The molecule has 0 atom stereocenters. The minimum Gasteiger partial charge on any atom is -0.497 e. The lowest BCUT2D eigenvalue weighted by Gasteiger charge is -2.10. The molecule has 3 aromatic carbocycles. The Bertz CT molecular complexity index is 864. The summed E-state index contributed by atoms with van der Waals surface area (Å²) in [5.41, 5.74) is 3.72. The second kappa shape index (κ2) is 9.29. The number of para-hydroxylation sites is 1. The summed E-state index contributed by atoms with van der Waals surface area (Å²) in [5.74, 6) is 0.872. The Morgan fingerprint density at radius 3 is 2.19 bits per heavy atom. The van der Waals surface area contributed by atoms with E-state index in [9.17, 15) is 4.79 Å². The molecule has 5 nitrogen and oxygen atoms in total. The molecule has 138 valence electrons. The molecule has 0 aliphatic heterocycles. The number of methoxy groups -OCH3 is 1. The Hall–Kier alpha value is -3.47. The first-order valence-electron chi connectivity index (χ1n) is 8.83. The van der Waals surface area contributed by atoms with Gasteiger partial charge in [0.2, 0.25) is 0 Å². The first kappa shape index (κ1) is 18.3. The minimum atomic E-state index is -0.264. The number of carbonyl (C=O) groups is 1. The molecule has 2 amide bonds. The number of urea groups is 1. The second-order valence-corrected chi connectivity index (χ2v) is 6.05. The number of amides is 2. The van der Waals surface area contributed by atoms with Crippen molar-refractivity contribution >= 4 is 23.1 Å². The van der Waals surface area contributed by atoms with Crippen molar-refractivity contribution in [3.63, 3.8) is 0 Å². The van der Waals surface area contributed by atoms with E-state index in [1.807, 2.05) is 72.8 Å². The molecule has 27 heavy (non-hydrogen) atoms. The lowest BCUT2D eigenvalue weighted by Crippen LogP contribution is -2.19. The van der Waals surface area contributed by atoms with Gasteiger partial charge in [-0.2, -0.15) is 0 Å². The fourth-order valence-corrected chi connectivity index (χ4v) is 2.67. The van der Waals surface area contributed by atoms with E-state index in [2.05, 4.69) is 22.0 Å². The summed E-state index contributed by atoms with van der Waals surface area (Å²) in [6.45, 7) is 0.814. The number of ether oxygens (including phenoxy) is 1. The standard InChI is InChI=1S/C22H23N3O2/c1-27-21-9-5-6-17(16-21)14-15-23-18-10-12-20(13-11-18)25-22(26)24-19-7-3-2-4-8-19/h2-13,16,23H,14-15H2,1H3,(H2,24,25,26). The molecule has 0 bridgehead atoms. The summed E-state index contributed by atoms with van der Waals surface area (Å²) >= 11 is 0. The average Bonchev–Trinajstić information content (AvgIpc) is 2.70. The highest BCUT2D eigenvalue weighted by Crippen LogP contribution is 2.16. The molecule has 0 aromatic heterocycles.